The van der Waals surface area contributed by atoms with Crippen molar-refractivity contribution in [1.82, 2.24) is 14.8 Å². The molecule has 0 saturated heterocycles. The van der Waals surface area contributed by atoms with Gasteiger partial charge in [-0.3, -0.25) is 4.79 Å². The first-order valence-corrected chi connectivity index (χ1v) is 6.77. The number of esters is 1. The van der Waals surface area contributed by atoms with Crippen molar-refractivity contribution < 1.29 is 9.53 Å². The highest BCUT2D eigenvalue weighted by molar-refractivity contribution is 6.66. The first kappa shape index (κ1) is 15.4. The maximum atomic E-state index is 11.0. The van der Waals surface area contributed by atoms with Crippen molar-refractivity contribution in [2.75, 3.05) is 0 Å². The maximum Gasteiger partial charge on any atom is 0.309 e. The van der Waals surface area contributed by atoms with Crippen molar-refractivity contribution in [2.24, 2.45) is 0 Å². The fraction of sp³-hybridized carbons (Fsp3) is 0.182. The Morgan fingerprint density at radius 3 is 2.65 bits per heavy atom. The third-order valence-electron chi connectivity index (χ3n) is 2.17. The molecule has 0 aliphatic rings. The fourth-order valence-corrected chi connectivity index (χ4v) is 2.06. The second-order valence-corrected chi connectivity index (χ2v) is 6.37. The number of rotatable bonds is 2. The molecule has 0 unspecified atom stereocenters. The van der Waals surface area contributed by atoms with E-state index in [0.29, 0.717) is 5.02 Å². The van der Waals surface area contributed by atoms with Gasteiger partial charge in [0.2, 0.25) is 9.67 Å². The summed E-state index contributed by atoms with van der Waals surface area (Å²) in [6, 6.07) is 4.59. The summed E-state index contributed by atoms with van der Waals surface area (Å²) >= 11 is 23.7. The Labute approximate surface area is 134 Å². The van der Waals surface area contributed by atoms with Gasteiger partial charge in [0.15, 0.2) is 5.82 Å². The van der Waals surface area contributed by atoms with Crippen LogP contribution in [-0.4, -0.2) is 20.7 Å². The lowest BCUT2D eigenvalue weighted by molar-refractivity contribution is -0.132. The quantitative estimate of drug-likeness (QED) is 0.609. The van der Waals surface area contributed by atoms with Gasteiger partial charge in [-0.15, -0.1) is 5.10 Å². The summed E-state index contributed by atoms with van der Waals surface area (Å²) in [7, 11) is 0. The van der Waals surface area contributed by atoms with E-state index in [1.165, 1.54) is 23.9 Å². The third-order valence-corrected chi connectivity index (χ3v) is 3.04. The monoisotopic (exact) mass is 353 g/mol. The zero-order valence-corrected chi connectivity index (χ0v) is 13.0. The van der Waals surface area contributed by atoms with Crippen LogP contribution in [0.15, 0.2) is 24.4 Å². The van der Waals surface area contributed by atoms with Crippen LogP contribution in [0.3, 0.4) is 0 Å². The second-order valence-electron chi connectivity index (χ2n) is 3.68. The third kappa shape index (κ3) is 3.35. The Kier molecular flexibility index (Phi) is 4.44. The van der Waals surface area contributed by atoms with Gasteiger partial charge in [0.05, 0.1) is 5.02 Å². The molecule has 0 fully saturated rings. The molecule has 0 radical (unpaired) electrons. The van der Waals surface area contributed by atoms with Gasteiger partial charge in [0.1, 0.15) is 5.69 Å². The smallest absolute Gasteiger partial charge is 0.309 e. The summed E-state index contributed by atoms with van der Waals surface area (Å²) in [5.74, 6) is -0.299. The SMILES string of the molecule is CC(=O)Oc1cc(C(Cl)(Cl)Cl)n(-c2ncccc2Cl)n1. The molecule has 0 N–H and O–H groups in total. The molecule has 0 aliphatic heterocycles. The molecule has 2 aromatic heterocycles. The Morgan fingerprint density at radius 2 is 2.10 bits per heavy atom. The maximum absolute atomic E-state index is 11.0. The van der Waals surface area contributed by atoms with E-state index in [0.717, 1.165) is 0 Å². The molecule has 20 heavy (non-hydrogen) atoms. The van der Waals surface area contributed by atoms with E-state index >= 15 is 0 Å². The summed E-state index contributed by atoms with van der Waals surface area (Å²) in [5.41, 5.74) is 0.152. The molecule has 2 aromatic rings. The Bertz CT molecular complexity index is 651. The number of ether oxygens (including phenoxy) is 1. The summed E-state index contributed by atoms with van der Waals surface area (Å²) in [4.78, 5) is 15.0. The van der Waals surface area contributed by atoms with Crippen molar-refractivity contribution >= 4 is 52.4 Å². The van der Waals surface area contributed by atoms with Crippen molar-refractivity contribution in [1.29, 1.82) is 0 Å². The molecule has 9 heteroatoms. The van der Waals surface area contributed by atoms with Crippen LogP contribution in [0.4, 0.5) is 0 Å². The minimum atomic E-state index is -1.79. The largest absolute Gasteiger partial charge is 0.406 e. The zero-order chi connectivity index (χ0) is 14.9. The van der Waals surface area contributed by atoms with E-state index in [1.54, 1.807) is 12.1 Å². The van der Waals surface area contributed by atoms with Crippen LogP contribution >= 0.6 is 46.4 Å². The Hall–Kier alpha value is -1.01. The molecule has 0 bridgehead atoms. The molecule has 0 atom stereocenters. The van der Waals surface area contributed by atoms with E-state index < -0.39 is 9.76 Å². The molecule has 0 spiro atoms. The summed E-state index contributed by atoms with van der Waals surface area (Å²) in [6.45, 7) is 1.24. The van der Waals surface area contributed by atoms with E-state index in [4.69, 9.17) is 51.1 Å². The normalized spacial score (nSPS) is 11.4. The Balaban J connectivity index is 2.59. The van der Waals surface area contributed by atoms with Gasteiger partial charge in [-0.25, -0.2) is 9.67 Å². The van der Waals surface area contributed by atoms with Gasteiger partial charge in [-0.1, -0.05) is 46.4 Å². The number of carbonyl (C=O) groups excluding carboxylic acids is 1. The van der Waals surface area contributed by atoms with Crippen LogP contribution in [0, 0.1) is 0 Å². The second kappa shape index (κ2) is 5.77. The van der Waals surface area contributed by atoms with Gasteiger partial charge in [0, 0.05) is 19.2 Å². The van der Waals surface area contributed by atoms with Crippen LogP contribution in [0.5, 0.6) is 5.88 Å². The predicted molar refractivity (Wildman–Crippen MR) is 76.9 cm³/mol. The molecule has 0 aliphatic carbocycles. The molecule has 0 amide bonds. The number of halogens is 4. The minimum Gasteiger partial charge on any atom is -0.406 e. The average Bonchev–Trinajstić information content (AvgIpc) is 2.72. The number of carbonyl (C=O) groups is 1. The first-order chi connectivity index (χ1) is 9.29. The number of aromatic nitrogens is 3. The number of nitrogens with zero attached hydrogens (tertiary/aromatic N) is 3. The highest BCUT2D eigenvalue weighted by atomic mass is 35.6. The van der Waals surface area contributed by atoms with E-state index in [1.807, 2.05) is 0 Å². The van der Waals surface area contributed by atoms with E-state index in [9.17, 15) is 4.79 Å². The van der Waals surface area contributed by atoms with Crippen LogP contribution in [0.25, 0.3) is 5.82 Å². The van der Waals surface area contributed by atoms with Gasteiger partial charge in [-0.2, -0.15) is 0 Å². The fourth-order valence-electron chi connectivity index (χ4n) is 1.45. The molecule has 0 saturated carbocycles. The van der Waals surface area contributed by atoms with Gasteiger partial charge >= 0.3 is 5.97 Å². The van der Waals surface area contributed by atoms with Crippen LogP contribution in [0.1, 0.15) is 12.6 Å². The molecule has 2 heterocycles. The van der Waals surface area contributed by atoms with Crippen molar-refractivity contribution in [3.8, 4) is 11.7 Å². The highest BCUT2D eigenvalue weighted by Gasteiger charge is 2.31. The molecule has 2 rings (SSSR count). The number of pyridine rings is 1. The number of hydrogen-bond donors (Lipinski definition) is 0. The van der Waals surface area contributed by atoms with E-state index in [2.05, 4.69) is 10.1 Å². The van der Waals surface area contributed by atoms with Gasteiger partial charge in [-0.05, 0) is 12.1 Å². The lowest BCUT2D eigenvalue weighted by Gasteiger charge is -2.13. The van der Waals surface area contributed by atoms with Crippen LogP contribution in [0.2, 0.25) is 5.02 Å². The lowest BCUT2D eigenvalue weighted by atomic mass is 10.4. The van der Waals surface area contributed by atoms with Crippen molar-refractivity contribution in [3.05, 3.63) is 35.1 Å². The summed E-state index contributed by atoms with van der Waals surface area (Å²) in [5, 5.41) is 4.33. The zero-order valence-electron chi connectivity index (χ0n) is 9.98. The minimum absolute atomic E-state index is 0.0134. The first-order valence-electron chi connectivity index (χ1n) is 5.25. The molecular weight excluding hydrogens is 348 g/mol. The van der Waals surface area contributed by atoms with Crippen LogP contribution in [-0.2, 0) is 8.59 Å². The van der Waals surface area contributed by atoms with Crippen molar-refractivity contribution in [2.45, 2.75) is 10.7 Å². The molecule has 106 valence electrons. The lowest BCUT2D eigenvalue weighted by Crippen LogP contribution is -2.11. The van der Waals surface area contributed by atoms with Gasteiger partial charge in [0.25, 0.3) is 0 Å². The molecule has 0 aromatic carbocycles. The highest BCUT2D eigenvalue weighted by Crippen LogP contribution is 2.40. The Morgan fingerprint density at radius 1 is 1.40 bits per heavy atom. The summed E-state index contributed by atoms with van der Waals surface area (Å²) < 4.78 is 4.30. The van der Waals surface area contributed by atoms with Crippen LogP contribution < -0.4 is 4.74 Å². The van der Waals surface area contributed by atoms with Gasteiger partial charge < -0.3 is 4.74 Å². The number of hydrogen-bond acceptors (Lipinski definition) is 4. The number of alkyl halides is 3. The molecular formula is C11H7Cl4N3O2. The standard InChI is InChI=1S/C11H7Cl4N3O2/c1-6(19)20-9-5-8(11(13,14)15)18(17-9)10-7(12)3-2-4-16-10/h2-5H,1H3. The predicted octanol–water partition coefficient (Wildman–Crippen LogP) is 3.67. The topological polar surface area (TPSA) is 57.0 Å². The van der Waals surface area contributed by atoms with Crippen molar-refractivity contribution in [3.63, 3.8) is 0 Å². The average molecular weight is 355 g/mol. The molecule has 5 nitrogen and oxygen atoms in total. The summed E-state index contributed by atoms with van der Waals surface area (Å²) in [6.07, 6.45) is 1.51. The van der Waals surface area contributed by atoms with E-state index in [-0.39, 0.29) is 17.4 Å².